The fourth-order valence-corrected chi connectivity index (χ4v) is 8.47. The van der Waals surface area contributed by atoms with Crippen molar-refractivity contribution in [1.29, 1.82) is 0 Å². The Hall–Kier alpha value is -4.01. The molecule has 7 rings (SSSR count). The van der Waals surface area contributed by atoms with E-state index in [1.165, 1.54) is 48.7 Å². The average Bonchev–Trinajstić information content (AvgIpc) is 3.48. The largest absolute Gasteiger partial charge is 0.368 e. The number of aromatic nitrogens is 2. The van der Waals surface area contributed by atoms with E-state index in [4.69, 9.17) is 10.7 Å². The van der Waals surface area contributed by atoms with Gasteiger partial charge in [0.25, 0.3) is 0 Å². The molecule has 2 aliphatic carbocycles. The van der Waals surface area contributed by atoms with Gasteiger partial charge in [-0.05, 0) is 60.4 Å². The van der Waals surface area contributed by atoms with Crippen LogP contribution in [-0.4, -0.2) is 63.4 Å². The van der Waals surface area contributed by atoms with Crippen molar-refractivity contribution in [2.24, 2.45) is 11.7 Å². The molecular formula is C40H50N6O2. The quantitative estimate of drug-likeness (QED) is 0.216. The van der Waals surface area contributed by atoms with Crippen molar-refractivity contribution < 1.29 is 9.59 Å². The molecule has 2 heterocycles. The number of carbonyl (C=O) groups is 2. The summed E-state index contributed by atoms with van der Waals surface area (Å²) in [6.45, 7) is 6.11. The van der Waals surface area contributed by atoms with E-state index in [1.54, 1.807) is 0 Å². The number of nitrogens with two attached hydrogens (primary N) is 1. The molecule has 0 unspecified atom stereocenters. The third-order valence-electron chi connectivity index (χ3n) is 11.2. The van der Waals surface area contributed by atoms with Gasteiger partial charge in [-0.1, -0.05) is 98.8 Å². The Balaban J connectivity index is 1.04. The summed E-state index contributed by atoms with van der Waals surface area (Å²) in [6.07, 6.45) is 10.8. The van der Waals surface area contributed by atoms with Crippen molar-refractivity contribution in [2.75, 3.05) is 26.2 Å². The SMILES string of the molecule is NC(=O)[C@@H](NC(=O)[C@@H]1CCCC[C@H]1c1ccc(Cn2c(CN3CCN(C4CCCCC4)CC3)nc3ccccc32)cc1)c1ccccc1. The van der Waals surface area contributed by atoms with Crippen molar-refractivity contribution in [3.63, 3.8) is 0 Å². The Bertz CT molecular complexity index is 1670. The van der Waals surface area contributed by atoms with E-state index < -0.39 is 11.9 Å². The molecule has 48 heavy (non-hydrogen) atoms. The van der Waals surface area contributed by atoms with Crippen molar-refractivity contribution in [3.05, 3.63) is 101 Å². The van der Waals surface area contributed by atoms with Gasteiger partial charge in [0.1, 0.15) is 11.9 Å². The maximum atomic E-state index is 13.6. The van der Waals surface area contributed by atoms with Crippen LogP contribution in [0.25, 0.3) is 11.0 Å². The first kappa shape index (κ1) is 32.5. The fourth-order valence-electron chi connectivity index (χ4n) is 8.47. The second-order valence-electron chi connectivity index (χ2n) is 14.2. The van der Waals surface area contributed by atoms with E-state index in [0.717, 1.165) is 82.3 Å². The van der Waals surface area contributed by atoms with Crippen LogP contribution < -0.4 is 11.1 Å². The number of amides is 2. The first-order chi connectivity index (χ1) is 23.5. The van der Waals surface area contributed by atoms with Gasteiger partial charge in [-0.2, -0.15) is 0 Å². The number of nitrogens with zero attached hydrogens (tertiary/aromatic N) is 4. The van der Waals surface area contributed by atoms with Gasteiger partial charge in [0.15, 0.2) is 0 Å². The highest BCUT2D eigenvalue weighted by Crippen LogP contribution is 2.38. The molecule has 4 aromatic rings. The van der Waals surface area contributed by atoms with Crippen molar-refractivity contribution in [2.45, 2.75) is 88.9 Å². The van der Waals surface area contributed by atoms with Crippen LogP contribution >= 0.6 is 0 Å². The Morgan fingerprint density at radius 2 is 1.46 bits per heavy atom. The first-order valence-electron chi connectivity index (χ1n) is 18.2. The number of nitrogens with one attached hydrogen (secondary N) is 1. The summed E-state index contributed by atoms with van der Waals surface area (Å²) in [5.74, 6) is 0.398. The van der Waals surface area contributed by atoms with E-state index >= 15 is 0 Å². The summed E-state index contributed by atoms with van der Waals surface area (Å²) in [4.78, 5) is 36.4. The van der Waals surface area contributed by atoms with Gasteiger partial charge in [0, 0.05) is 44.7 Å². The van der Waals surface area contributed by atoms with Gasteiger partial charge < -0.3 is 15.6 Å². The molecule has 3 aliphatic rings. The fraction of sp³-hybridized carbons (Fsp3) is 0.475. The molecular weight excluding hydrogens is 596 g/mol. The minimum absolute atomic E-state index is 0.0921. The topological polar surface area (TPSA) is 96.5 Å². The lowest BCUT2D eigenvalue weighted by molar-refractivity contribution is -0.131. The van der Waals surface area contributed by atoms with Gasteiger partial charge >= 0.3 is 0 Å². The maximum Gasteiger partial charge on any atom is 0.244 e. The van der Waals surface area contributed by atoms with Crippen LogP contribution in [0.15, 0.2) is 78.9 Å². The van der Waals surface area contributed by atoms with E-state index in [2.05, 4.69) is 68.2 Å². The molecule has 3 fully saturated rings. The van der Waals surface area contributed by atoms with Crippen molar-refractivity contribution in [1.82, 2.24) is 24.7 Å². The van der Waals surface area contributed by atoms with E-state index in [0.29, 0.717) is 5.56 Å². The number of fused-ring (bicyclic) bond motifs is 1. The summed E-state index contributed by atoms with van der Waals surface area (Å²) in [7, 11) is 0. The molecule has 0 spiro atoms. The van der Waals surface area contributed by atoms with Crippen LogP contribution in [0, 0.1) is 5.92 Å². The molecule has 252 valence electrons. The number of piperazine rings is 1. The average molecular weight is 647 g/mol. The smallest absolute Gasteiger partial charge is 0.244 e. The Morgan fingerprint density at radius 3 is 2.21 bits per heavy atom. The monoisotopic (exact) mass is 646 g/mol. The maximum absolute atomic E-state index is 13.6. The minimum atomic E-state index is -0.830. The van der Waals surface area contributed by atoms with Gasteiger partial charge in [-0.3, -0.25) is 19.4 Å². The second-order valence-corrected chi connectivity index (χ2v) is 14.2. The minimum Gasteiger partial charge on any atom is -0.368 e. The van der Waals surface area contributed by atoms with Gasteiger partial charge in [-0.25, -0.2) is 4.98 Å². The number of rotatable bonds is 10. The predicted molar refractivity (Wildman–Crippen MR) is 190 cm³/mol. The third-order valence-corrected chi connectivity index (χ3v) is 11.2. The number of hydrogen-bond donors (Lipinski definition) is 2. The zero-order valence-electron chi connectivity index (χ0n) is 28.1. The number of hydrogen-bond acceptors (Lipinski definition) is 5. The van der Waals surface area contributed by atoms with E-state index in [1.807, 2.05) is 30.3 Å². The Morgan fingerprint density at radius 1 is 0.771 bits per heavy atom. The molecule has 3 N–H and O–H groups in total. The molecule has 8 nitrogen and oxygen atoms in total. The molecule has 1 aromatic heterocycles. The molecule has 1 saturated heterocycles. The molecule has 3 atom stereocenters. The number of benzene rings is 3. The second kappa shape index (κ2) is 15.0. The van der Waals surface area contributed by atoms with E-state index in [9.17, 15) is 9.59 Å². The standard InChI is InChI=1S/C40H50N6O2/c41-39(47)38(31-11-3-1-4-12-31)43-40(48)34-16-8-7-15-33(34)30-21-19-29(20-22-30)27-46-36-18-10-9-17-35(36)42-37(46)28-44-23-25-45(26-24-44)32-13-5-2-6-14-32/h1,3-4,9-12,17-22,32-34,38H,2,5-8,13-16,23-28H2,(H2,41,47)(H,43,48)/t33-,34+,38-/m0/s1. The molecule has 2 saturated carbocycles. The summed E-state index contributed by atoms with van der Waals surface area (Å²) >= 11 is 0. The van der Waals surface area contributed by atoms with Crippen molar-refractivity contribution >= 4 is 22.8 Å². The normalized spacial score (nSPS) is 22.0. The van der Waals surface area contributed by atoms with Crippen LogP contribution in [0.3, 0.4) is 0 Å². The highest BCUT2D eigenvalue weighted by atomic mass is 16.2. The molecule has 0 radical (unpaired) electrons. The van der Waals surface area contributed by atoms with Crippen LogP contribution in [0.5, 0.6) is 0 Å². The zero-order valence-corrected chi connectivity index (χ0v) is 28.1. The lowest BCUT2D eigenvalue weighted by Gasteiger charge is -2.40. The predicted octanol–water partition coefficient (Wildman–Crippen LogP) is 6.15. The molecule has 8 heteroatoms. The lowest BCUT2D eigenvalue weighted by atomic mass is 9.74. The zero-order chi connectivity index (χ0) is 32.9. The summed E-state index contributed by atoms with van der Waals surface area (Å²) in [5.41, 5.74) is 11.1. The molecule has 3 aromatic carbocycles. The molecule has 1 aliphatic heterocycles. The van der Waals surface area contributed by atoms with Crippen LogP contribution in [-0.2, 0) is 22.7 Å². The highest BCUT2D eigenvalue weighted by molar-refractivity contribution is 5.89. The van der Waals surface area contributed by atoms with Crippen molar-refractivity contribution in [3.8, 4) is 0 Å². The highest BCUT2D eigenvalue weighted by Gasteiger charge is 2.34. The third kappa shape index (κ3) is 7.35. The number of carbonyl (C=O) groups excluding carboxylic acids is 2. The number of para-hydroxylation sites is 2. The van der Waals surface area contributed by atoms with Gasteiger partial charge in [-0.15, -0.1) is 0 Å². The summed E-state index contributed by atoms with van der Waals surface area (Å²) < 4.78 is 2.39. The number of primary amides is 1. The first-order valence-corrected chi connectivity index (χ1v) is 18.2. The molecule has 0 bridgehead atoms. The Labute approximate surface area is 284 Å². The number of imidazole rings is 1. The lowest BCUT2D eigenvalue weighted by Crippen LogP contribution is -2.50. The summed E-state index contributed by atoms with van der Waals surface area (Å²) in [5, 5.41) is 2.99. The van der Waals surface area contributed by atoms with Crippen LogP contribution in [0.4, 0.5) is 0 Å². The Kier molecular flexibility index (Phi) is 10.2. The van der Waals surface area contributed by atoms with E-state index in [-0.39, 0.29) is 17.7 Å². The summed E-state index contributed by atoms with van der Waals surface area (Å²) in [6, 6.07) is 26.6. The van der Waals surface area contributed by atoms with Crippen LogP contribution in [0.1, 0.15) is 92.3 Å². The molecule has 2 amide bonds. The van der Waals surface area contributed by atoms with Crippen LogP contribution in [0.2, 0.25) is 0 Å². The van der Waals surface area contributed by atoms with Gasteiger partial charge in [0.05, 0.1) is 17.6 Å². The van der Waals surface area contributed by atoms with Gasteiger partial charge in [0.2, 0.25) is 11.8 Å².